The number of allylic oxidation sites excluding steroid dienone is 4. The van der Waals surface area contributed by atoms with E-state index in [0.717, 1.165) is 25.7 Å². The van der Waals surface area contributed by atoms with Crippen LogP contribution < -0.4 is 12.4 Å². The van der Waals surface area contributed by atoms with Gasteiger partial charge in [0.05, 0.1) is 0 Å². The van der Waals surface area contributed by atoms with Gasteiger partial charge in [-0.15, -0.1) is 0 Å². The summed E-state index contributed by atoms with van der Waals surface area (Å²) in [6.45, 7) is 21.8. The zero-order valence-corrected chi connectivity index (χ0v) is 24.3. The minimum atomic E-state index is -0.0977. The monoisotopic (exact) mass is 464 g/mol. The van der Waals surface area contributed by atoms with Crippen LogP contribution in [-0.4, -0.2) is 41.1 Å². The third kappa shape index (κ3) is 9.51. The van der Waals surface area contributed by atoms with Crippen LogP contribution in [-0.2, 0) is 4.79 Å². The Bertz CT molecular complexity index is 555. The average molecular weight is 465 g/mol. The number of halogens is 1. The molecule has 0 fully saturated rings. The van der Waals surface area contributed by atoms with Crippen molar-refractivity contribution in [3.63, 3.8) is 0 Å². The molecule has 2 nitrogen and oxygen atoms in total. The Balaban J connectivity index is -0.000000424. The van der Waals surface area contributed by atoms with Crippen LogP contribution in [0.2, 0.25) is 0 Å². The number of carbonyl (C=O) groups is 1. The number of carbonyl (C=O) groups excluding carboxylic acids is 1. The van der Waals surface area contributed by atoms with Crippen molar-refractivity contribution >= 4 is 29.3 Å². The molecule has 0 saturated carbocycles. The Morgan fingerprint density at radius 2 is 1.42 bits per heavy atom. The van der Waals surface area contributed by atoms with E-state index in [-0.39, 0.29) is 46.3 Å². The van der Waals surface area contributed by atoms with Crippen LogP contribution >= 0.6 is 0 Å². The first-order valence-electron chi connectivity index (χ1n) is 11.6. The molecule has 0 spiro atoms. The first-order chi connectivity index (χ1) is 13.5. The fourth-order valence-corrected chi connectivity index (χ4v) is 4.98. The molecule has 2 aliphatic rings. The first kappa shape index (κ1) is 35.7. The number of aliphatic hydroxyl groups excluding tert-OH is 1. The second kappa shape index (κ2) is 16.7. The van der Waals surface area contributed by atoms with E-state index in [0.29, 0.717) is 30.3 Å². The molecule has 0 aromatic rings. The SMILES string of the molecule is CC1=CC(C)C(C=O)(C(C)C)CC1.CC1=CC(C)C(CO)(C(C)C)CC1.C[CH-]C.[Cl-].[Mg+2]. The predicted molar refractivity (Wildman–Crippen MR) is 133 cm³/mol. The van der Waals surface area contributed by atoms with E-state index < -0.39 is 0 Å². The van der Waals surface area contributed by atoms with Crippen molar-refractivity contribution in [3.05, 3.63) is 29.7 Å². The maximum atomic E-state index is 11.2. The molecule has 0 aromatic heterocycles. The van der Waals surface area contributed by atoms with Gasteiger partial charge in [-0.05, 0) is 63.2 Å². The van der Waals surface area contributed by atoms with E-state index in [1.54, 1.807) is 0 Å². The van der Waals surface area contributed by atoms with Gasteiger partial charge >= 0.3 is 23.1 Å². The van der Waals surface area contributed by atoms with Crippen LogP contribution in [0.1, 0.15) is 94.9 Å². The molecule has 0 aliphatic heterocycles. The maximum absolute atomic E-state index is 11.2. The zero-order chi connectivity index (χ0) is 22.8. The summed E-state index contributed by atoms with van der Waals surface area (Å²) >= 11 is 0. The van der Waals surface area contributed by atoms with Gasteiger partial charge in [0.1, 0.15) is 6.29 Å². The molecule has 0 radical (unpaired) electrons. The summed E-state index contributed by atoms with van der Waals surface area (Å²) in [4.78, 5) is 11.2. The van der Waals surface area contributed by atoms with E-state index in [2.05, 4.69) is 67.5 Å². The van der Waals surface area contributed by atoms with Gasteiger partial charge in [0.25, 0.3) is 0 Å². The van der Waals surface area contributed by atoms with E-state index in [9.17, 15) is 9.90 Å². The van der Waals surface area contributed by atoms with E-state index in [1.807, 2.05) is 20.3 Å². The third-order valence-corrected chi connectivity index (χ3v) is 7.50. The van der Waals surface area contributed by atoms with Crippen molar-refractivity contribution < 1.29 is 22.3 Å². The molecule has 2 aliphatic carbocycles. The minimum absolute atomic E-state index is 0. The van der Waals surface area contributed by atoms with Crippen LogP contribution in [0.3, 0.4) is 0 Å². The van der Waals surface area contributed by atoms with Gasteiger partial charge in [0.2, 0.25) is 0 Å². The number of rotatable bonds is 4. The van der Waals surface area contributed by atoms with Crippen molar-refractivity contribution in [3.8, 4) is 0 Å². The molecular weight excluding hydrogens is 416 g/mol. The largest absolute Gasteiger partial charge is 2.00 e. The van der Waals surface area contributed by atoms with Gasteiger partial charge in [0, 0.05) is 17.4 Å². The summed E-state index contributed by atoms with van der Waals surface area (Å²) in [5, 5.41) is 9.54. The van der Waals surface area contributed by atoms with Crippen LogP contribution in [0.15, 0.2) is 23.3 Å². The van der Waals surface area contributed by atoms with Gasteiger partial charge in [0.15, 0.2) is 0 Å². The van der Waals surface area contributed by atoms with Crippen molar-refractivity contribution in [1.82, 2.24) is 0 Å². The Labute approximate surface area is 216 Å². The fourth-order valence-electron chi connectivity index (χ4n) is 4.98. The van der Waals surface area contributed by atoms with Gasteiger partial charge in [-0.1, -0.05) is 64.8 Å². The summed E-state index contributed by atoms with van der Waals surface area (Å²) in [6, 6.07) is 0. The zero-order valence-electron chi connectivity index (χ0n) is 22.1. The van der Waals surface area contributed by atoms with E-state index in [1.165, 1.54) is 17.4 Å². The molecule has 0 bridgehead atoms. The molecule has 4 unspecified atom stereocenters. The summed E-state index contributed by atoms with van der Waals surface area (Å²) in [7, 11) is 0. The van der Waals surface area contributed by atoms with E-state index in [4.69, 9.17) is 0 Å². The summed E-state index contributed by atoms with van der Waals surface area (Å²) in [5.74, 6) is 1.94. The van der Waals surface area contributed by atoms with Crippen LogP contribution in [0.25, 0.3) is 0 Å². The molecular formula is C27H49ClMgO2. The first-order valence-corrected chi connectivity index (χ1v) is 11.6. The Morgan fingerprint density at radius 3 is 1.71 bits per heavy atom. The second-order valence-electron chi connectivity index (χ2n) is 10.1. The van der Waals surface area contributed by atoms with Crippen molar-refractivity contribution in [2.24, 2.45) is 34.5 Å². The Kier molecular flexibility index (Phi) is 19.3. The quantitative estimate of drug-likeness (QED) is 0.294. The normalized spacial score (nSPS) is 29.7. The van der Waals surface area contributed by atoms with Gasteiger partial charge in [-0.3, -0.25) is 0 Å². The average Bonchev–Trinajstić information content (AvgIpc) is 2.63. The molecule has 0 amide bonds. The predicted octanol–water partition coefficient (Wildman–Crippen LogP) is 4.05. The molecule has 0 aromatic carbocycles. The molecule has 31 heavy (non-hydrogen) atoms. The fraction of sp³-hybridized carbons (Fsp3) is 0.778. The smallest absolute Gasteiger partial charge is 1.00 e. The standard InChI is InChI=1S/C12H22O.C12H20O.C3H7.ClH.Mg/c2*1-9(2)12(8-13)6-5-10(3)7-11(12)4;1-3-2;;/h7,9,11,13H,5-6,8H2,1-4H3;7-9,11H,5-6H2,1-4H3;3H,1-2H3;1H;/q;;-1;;+2/p-1. The van der Waals surface area contributed by atoms with Gasteiger partial charge in [-0.2, -0.15) is 13.8 Å². The molecule has 1 N–H and O–H groups in total. The molecule has 2 rings (SSSR count). The Hall–Kier alpha value is 0.166. The van der Waals surface area contributed by atoms with Gasteiger partial charge < -0.3 is 28.7 Å². The van der Waals surface area contributed by atoms with Crippen molar-refractivity contribution in [2.75, 3.05) is 6.61 Å². The molecule has 4 heteroatoms. The summed E-state index contributed by atoms with van der Waals surface area (Å²) < 4.78 is 0. The number of aliphatic hydroxyl groups is 1. The topological polar surface area (TPSA) is 37.3 Å². The number of aldehydes is 1. The second-order valence-corrected chi connectivity index (χ2v) is 10.1. The number of hydrogen-bond acceptors (Lipinski definition) is 2. The third-order valence-electron chi connectivity index (χ3n) is 7.50. The molecule has 0 saturated heterocycles. The summed E-state index contributed by atoms with van der Waals surface area (Å²) in [6.07, 6.45) is 12.2. The van der Waals surface area contributed by atoms with Crippen molar-refractivity contribution in [2.45, 2.75) is 94.9 Å². The van der Waals surface area contributed by atoms with Crippen LogP contribution in [0.5, 0.6) is 0 Å². The molecule has 0 heterocycles. The Morgan fingerprint density at radius 1 is 1.00 bits per heavy atom. The van der Waals surface area contributed by atoms with Crippen molar-refractivity contribution in [1.29, 1.82) is 0 Å². The van der Waals surface area contributed by atoms with Crippen LogP contribution in [0.4, 0.5) is 0 Å². The molecule has 178 valence electrons. The van der Waals surface area contributed by atoms with Crippen LogP contribution in [0, 0.1) is 40.9 Å². The number of hydrogen-bond donors (Lipinski definition) is 1. The minimum Gasteiger partial charge on any atom is -1.00 e. The molecule has 4 atom stereocenters. The van der Waals surface area contributed by atoms with Gasteiger partial charge in [-0.25, -0.2) is 0 Å². The van der Waals surface area contributed by atoms with E-state index >= 15 is 0 Å². The summed E-state index contributed by atoms with van der Waals surface area (Å²) in [5.41, 5.74) is 2.96. The maximum Gasteiger partial charge on any atom is 2.00 e.